The second kappa shape index (κ2) is 11.7. The molecular formula is C33H31N3O4S. The summed E-state index contributed by atoms with van der Waals surface area (Å²) in [4.78, 5) is 44.1. The maximum atomic E-state index is 13.1. The summed E-state index contributed by atoms with van der Waals surface area (Å²) < 4.78 is 0. The van der Waals surface area contributed by atoms with E-state index in [1.54, 1.807) is 12.1 Å². The smallest absolute Gasteiger partial charge is 0.305 e. The maximum absolute atomic E-state index is 13.1. The molecule has 0 radical (unpaired) electrons. The van der Waals surface area contributed by atoms with Gasteiger partial charge in [0.05, 0.1) is 18.7 Å². The first-order valence-corrected chi connectivity index (χ1v) is 14.9. The van der Waals surface area contributed by atoms with Crippen LogP contribution < -0.4 is 10.2 Å². The molecule has 208 valence electrons. The number of carbonyl (C=O) groups is 3. The Balaban J connectivity index is 1.28. The van der Waals surface area contributed by atoms with Crippen molar-refractivity contribution < 1.29 is 19.5 Å². The average molecular weight is 566 g/mol. The molecule has 0 atom stereocenters. The summed E-state index contributed by atoms with van der Waals surface area (Å²) in [5.74, 6) is -0.629. The summed E-state index contributed by atoms with van der Waals surface area (Å²) in [6.07, 6.45) is 6.24. The van der Waals surface area contributed by atoms with Crippen LogP contribution in [0.3, 0.4) is 0 Å². The maximum Gasteiger partial charge on any atom is 0.305 e. The van der Waals surface area contributed by atoms with Gasteiger partial charge in [-0.2, -0.15) is 0 Å². The highest BCUT2D eigenvalue weighted by molar-refractivity contribution is 7.18. The van der Waals surface area contributed by atoms with Crippen molar-refractivity contribution in [1.82, 2.24) is 10.3 Å². The van der Waals surface area contributed by atoms with Gasteiger partial charge in [-0.15, -0.1) is 0 Å². The van der Waals surface area contributed by atoms with Gasteiger partial charge in [-0.25, -0.2) is 4.98 Å². The van der Waals surface area contributed by atoms with E-state index in [-0.39, 0.29) is 24.7 Å². The minimum Gasteiger partial charge on any atom is -0.481 e. The lowest BCUT2D eigenvalue weighted by molar-refractivity contribution is -0.136. The van der Waals surface area contributed by atoms with Crippen molar-refractivity contribution in [3.8, 4) is 11.3 Å². The van der Waals surface area contributed by atoms with Gasteiger partial charge in [0.1, 0.15) is 4.88 Å². The van der Waals surface area contributed by atoms with Crippen LogP contribution in [0.1, 0.15) is 81.2 Å². The number of aliphatic carboxylic acids is 1. The van der Waals surface area contributed by atoms with E-state index in [0.29, 0.717) is 28.5 Å². The molecule has 1 saturated carbocycles. The van der Waals surface area contributed by atoms with E-state index in [9.17, 15) is 14.4 Å². The Morgan fingerprint density at radius 1 is 0.927 bits per heavy atom. The van der Waals surface area contributed by atoms with E-state index in [1.165, 1.54) is 49.0 Å². The number of carboxylic acid groups (broad SMARTS) is 1. The summed E-state index contributed by atoms with van der Waals surface area (Å²) in [7, 11) is 0. The van der Waals surface area contributed by atoms with Gasteiger partial charge in [0.25, 0.3) is 5.91 Å². The van der Waals surface area contributed by atoms with Crippen LogP contribution in [-0.4, -0.2) is 34.3 Å². The van der Waals surface area contributed by atoms with Crippen LogP contribution in [0.15, 0.2) is 72.8 Å². The van der Waals surface area contributed by atoms with Crippen molar-refractivity contribution in [3.63, 3.8) is 0 Å². The fourth-order valence-corrected chi connectivity index (χ4v) is 6.79. The predicted molar refractivity (Wildman–Crippen MR) is 160 cm³/mol. The van der Waals surface area contributed by atoms with Crippen molar-refractivity contribution in [2.75, 3.05) is 11.4 Å². The number of amides is 1. The summed E-state index contributed by atoms with van der Waals surface area (Å²) in [6, 6.07) is 23.7. The van der Waals surface area contributed by atoms with Crippen molar-refractivity contribution in [3.05, 3.63) is 99.9 Å². The standard InChI is InChI=1S/C33H31N3O4S/c37-28(38)18-19-34-32(40)24-12-10-21(11-13-24)20-36(25-16-14-23(15-17-25)22-6-2-1-3-7-22)33-35-29-26-8-4-5-9-27(26)30(39)31(29)41-33/h4-5,8-17,22H,1-3,6-7,18-20H2,(H,34,40)(H,37,38). The van der Waals surface area contributed by atoms with E-state index in [0.717, 1.165) is 27.6 Å². The number of ketones is 1. The number of rotatable bonds is 9. The van der Waals surface area contributed by atoms with Crippen LogP contribution >= 0.6 is 11.3 Å². The lowest BCUT2D eigenvalue weighted by Gasteiger charge is -2.25. The lowest BCUT2D eigenvalue weighted by atomic mass is 9.84. The summed E-state index contributed by atoms with van der Waals surface area (Å²) in [5, 5.41) is 12.2. The third-order valence-electron chi connectivity index (χ3n) is 7.94. The number of aromatic nitrogens is 1. The highest BCUT2D eigenvalue weighted by atomic mass is 32.1. The molecule has 8 heteroatoms. The first-order valence-electron chi connectivity index (χ1n) is 14.1. The minimum absolute atomic E-state index is 0.0187. The number of nitrogens with one attached hydrogen (secondary N) is 1. The Morgan fingerprint density at radius 3 is 2.34 bits per heavy atom. The van der Waals surface area contributed by atoms with Gasteiger partial charge >= 0.3 is 5.97 Å². The quantitative estimate of drug-likeness (QED) is 0.201. The SMILES string of the molecule is O=C(O)CCNC(=O)c1ccc(CN(c2ccc(C3CCCCC3)cc2)c2nc3c(s2)C(=O)c2ccccc2-3)cc1. The first-order chi connectivity index (χ1) is 20.0. The molecule has 1 fully saturated rings. The second-order valence-corrected chi connectivity index (χ2v) is 11.6. The fraction of sp³-hybridized carbons (Fsp3) is 0.273. The van der Waals surface area contributed by atoms with Gasteiger partial charge < -0.3 is 15.3 Å². The Bertz CT molecular complexity index is 1590. The molecular weight excluding hydrogens is 534 g/mol. The van der Waals surface area contributed by atoms with E-state index < -0.39 is 5.97 Å². The molecule has 2 N–H and O–H groups in total. The number of thiazole rings is 1. The number of anilines is 2. The number of carbonyl (C=O) groups excluding carboxylic acids is 2. The third kappa shape index (κ3) is 5.65. The predicted octanol–water partition coefficient (Wildman–Crippen LogP) is 6.95. The van der Waals surface area contributed by atoms with Gasteiger partial charge in [0.15, 0.2) is 5.13 Å². The average Bonchev–Trinajstić information content (AvgIpc) is 3.55. The number of nitrogens with zero attached hydrogens (tertiary/aromatic N) is 2. The van der Waals surface area contributed by atoms with Crippen LogP contribution in [0.5, 0.6) is 0 Å². The Kier molecular flexibility index (Phi) is 7.65. The van der Waals surface area contributed by atoms with Crippen molar-refractivity contribution in [2.24, 2.45) is 0 Å². The Hall–Kier alpha value is -4.30. The van der Waals surface area contributed by atoms with E-state index in [4.69, 9.17) is 10.1 Å². The van der Waals surface area contributed by atoms with Crippen molar-refractivity contribution in [2.45, 2.75) is 51.0 Å². The molecule has 0 spiro atoms. The van der Waals surface area contributed by atoms with Gasteiger partial charge in [-0.3, -0.25) is 14.4 Å². The summed E-state index contributed by atoms with van der Waals surface area (Å²) in [6.45, 7) is 0.586. The zero-order valence-corrected chi connectivity index (χ0v) is 23.5. The number of hydrogen-bond donors (Lipinski definition) is 2. The fourth-order valence-electron chi connectivity index (χ4n) is 5.73. The number of fused-ring (bicyclic) bond motifs is 3. The molecule has 2 aliphatic rings. The molecule has 1 aromatic heterocycles. The molecule has 0 saturated heterocycles. The molecule has 1 heterocycles. The van der Waals surface area contributed by atoms with Gasteiger partial charge in [0, 0.05) is 28.9 Å². The highest BCUT2D eigenvalue weighted by Crippen LogP contribution is 2.44. The monoisotopic (exact) mass is 565 g/mol. The van der Waals surface area contributed by atoms with Gasteiger partial charge in [-0.1, -0.05) is 79.1 Å². The van der Waals surface area contributed by atoms with Crippen molar-refractivity contribution in [1.29, 1.82) is 0 Å². The molecule has 0 bridgehead atoms. The molecule has 6 rings (SSSR count). The molecule has 1 amide bonds. The van der Waals surface area contributed by atoms with Crippen LogP contribution in [0.2, 0.25) is 0 Å². The molecule has 3 aromatic carbocycles. The number of hydrogen-bond acceptors (Lipinski definition) is 6. The zero-order valence-electron chi connectivity index (χ0n) is 22.6. The molecule has 0 aliphatic heterocycles. The van der Waals surface area contributed by atoms with Crippen LogP contribution in [0.4, 0.5) is 10.8 Å². The molecule has 7 nitrogen and oxygen atoms in total. The Morgan fingerprint density at radius 2 is 1.63 bits per heavy atom. The normalized spacial score (nSPS) is 14.4. The Labute approximate surface area is 242 Å². The zero-order chi connectivity index (χ0) is 28.3. The second-order valence-electron chi connectivity index (χ2n) is 10.7. The topological polar surface area (TPSA) is 99.6 Å². The van der Waals surface area contributed by atoms with Crippen LogP contribution in [0.25, 0.3) is 11.3 Å². The lowest BCUT2D eigenvalue weighted by Crippen LogP contribution is -2.26. The number of benzene rings is 3. The first kappa shape index (κ1) is 26.9. The minimum atomic E-state index is -0.953. The van der Waals surface area contributed by atoms with E-state index in [1.807, 2.05) is 36.4 Å². The van der Waals surface area contributed by atoms with Gasteiger partial charge in [-0.05, 0) is 54.2 Å². The molecule has 0 unspecified atom stereocenters. The summed E-state index contributed by atoms with van der Waals surface area (Å²) >= 11 is 1.41. The third-order valence-corrected chi connectivity index (χ3v) is 9.02. The number of carboxylic acids is 1. The van der Waals surface area contributed by atoms with Crippen molar-refractivity contribution >= 4 is 39.8 Å². The molecule has 41 heavy (non-hydrogen) atoms. The highest BCUT2D eigenvalue weighted by Gasteiger charge is 2.32. The van der Waals surface area contributed by atoms with E-state index >= 15 is 0 Å². The summed E-state index contributed by atoms with van der Waals surface area (Å²) in [5.41, 5.74) is 6.13. The van der Waals surface area contributed by atoms with Crippen LogP contribution in [-0.2, 0) is 11.3 Å². The largest absolute Gasteiger partial charge is 0.481 e. The molecule has 2 aliphatic carbocycles. The van der Waals surface area contributed by atoms with Crippen LogP contribution in [0, 0.1) is 0 Å². The molecule has 4 aromatic rings. The van der Waals surface area contributed by atoms with Gasteiger partial charge in [0.2, 0.25) is 5.78 Å². The van der Waals surface area contributed by atoms with E-state index in [2.05, 4.69) is 34.5 Å².